The standard InChI is InChI=1S/C15H33NO/c1-6-7-8-9-10-17-13-15(4,5)12-16-11-14(2)3/h14,16H,6-13H2,1-5H3. The second-order valence-corrected chi connectivity index (χ2v) is 6.30. The maximum Gasteiger partial charge on any atom is 0.0529 e. The molecule has 104 valence electrons. The first-order chi connectivity index (χ1) is 7.98. The van der Waals surface area contributed by atoms with Gasteiger partial charge >= 0.3 is 0 Å². The van der Waals surface area contributed by atoms with Gasteiger partial charge in [0.2, 0.25) is 0 Å². The van der Waals surface area contributed by atoms with E-state index >= 15 is 0 Å². The highest BCUT2D eigenvalue weighted by atomic mass is 16.5. The van der Waals surface area contributed by atoms with E-state index in [0.29, 0.717) is 0 Å². The van der Waals surface area contributed by atoms with Gasteiger partial charge in [-0.3, -0.25) is 0 Å². The first kappa shape index (κ1) is 16.9. The van der Waals surface area contributed by atoms with E-state index in [2.05, 4.69) is 39.9 Å². The molecular formula is C15H33NO. The Balaban J connectivity index is 3.43. The molecule has 0 unspecified atom stereocenters. The van der Waals surface area contributed by atoms with E-state index in [1.807, 2.05) is 0 Å². The smallest absolute Gasteiger partial charge is 0.0529 e. The lowest BCUT2D eigenvalue weighted by atomic mass is 9.94. The summed E-state index contributed by atoms with van der Waals surface area (Å²) < 4.78 is 5.76. The van der Waals surface area contributed by atoms with Crippen molar-refractivity contribution < 1.29 is 4.74 Å². The molecule has 0 saturated carbocycles. The van der Waals surface area contributed by atoms with Gasteiger partial charge in [0, 0.05) is 18.6 Å². The molecule has 0 aromatic carbocycles. The van der Waals surface area contributed by atoms with Crippen molar-refractivity contribution in [3.8, 4) is 0 Å². The van der Waals surface area contributed by atoms with Crippen LogP contribution < -0.4 is 5.32 Å². The number of nitrogens with one attached hydrogen (secondary N) is 1. The van der Waals surface area contributed by atoms with Crippen LogP contribution in [0.5, 0.6) is 0 Å². The lowest BCUT2D eigenvalue weighted by Gasteiger charge is -2.25. The van der Waals surface area contributed by atoms with E-state index < -0.39 is 0 Å². The fourth-order valence-corrected chi connectivity index (χ4v) is 1.73. The molecule has 0 aliphatic rings. The first-order valence-corrected chi connectivity index (χ1v) is 7.26. The average molecular weight is 243 g/mol. The van der Waals surface area contributed by atoms with Crippen molar-refractivity contribution in [2.75, 3.05) is 26.3 Å². The fourth-order valence-electron chi connectivity index (χ4n) is 1.73. The summed E-state index contributed by atoms with van der Waals surface area (Å²) in [5.41, 5.74) is 0.250. The summed E-state index contributed by atoms with van der Waals surface area (Å²) in [5, 5.41) is 3.51. The fraction of sp³-hybridized carbons (Fsp3) is 1.00. The Labute approximate surface area is 109 Å². The topological polar surface area (TPSA) is 21.3 Å². The largest absolute Gasteiger partial charge is 0.381 e. The Kier molecular flexibility index (Phi) is 9.85. The summed E-state index contributed by atoms with van der Waals surface area (Å²) in [7, 11) is 0. The van der Waals surface area contributed by atoms with Crippen LogP contribution in [0, 0.1) is 11.3 Å². The molecule has 0 atom stereocenters. The van der Waals surface area contributed by atoms with Gasteiger partial charge in [-0.1, -0.05) is 53.9 Å². The Hall–Kier alpha value is -0.0800. The van der Waals surface area contributed by atoms with Gasteiger partial charge in [0.05, 0.1) is 6.61 Å². The van der Waals surface area contributed by atoms with Gasteiger partial charge in [0.1, 0.15) is 0 Å². The first-order valence-electron chi connectivity index (χ1n) is 7.26. The van der Waals surface area contributed by atoms with Crippen molar-refractivity contribution >= 4 is 0 Å². The minimum Gasteiger partial charge on any atom is -0.381 e. The van der Waals surface area contributed by atoms with Gasteiger partial charge in [0.15, 0.2) is 0 Å². The molecule has 0 bridgehead atoms. The van der Waals surface area contributed by atoms with Crippen molar-refractivity contribution in [2.24, 2.45) is 11.3 Å². The Morgan fingerprint density at radius 1 is 1.12 bits per heavy atom. The molecular weight excluding hydrogens is 210 g/mol. The van der Waals surface area contributed by atoms with Gasteiger partial charge < -0.3 is 10.1 Å². The second-order valence-electron chi connectivity index (χ2n) is 6.30. The van der Waals surface area contributed by atoms with Gasteiger partial charge in [-0.25, -0.2) is 0 Å². The van der Waals surface area contributed by atoms with Crippen molar-refractivity contribution in [2.45, 2.75) is 60.3 Å². The summed E-state index contributed by atoms with van der Waals surface area (Å²) in [6.07, 6.45) is 5.15. The van der Waals surface area contributed by atoms with E-state index in [1.54, 1.807) is 0 Å². The quantitative estimate of drug-likeness (QED) is 0.556. The lowest BCUT2D eigenvalue weighted by molar-refractivity contribution is 0.0594. The van der Waals surface area contributed by atoms with Gasteiger partial charge in [-0.05, 0) is 18.9 Å². The van der Waals surface area contributed by atoms with Crippen LogP contribution in [0.4, 0.5) is 0 Å². The Morgan fingerprint density at radius 2 is 1.82 bits per heavy atom. The molecule has 0 radical (unpaired) electrons. The normalized spacial score (nSPS) is 12.4. The molecule has 0 heterocycles. The van der Waals surface area contributed by atoms with Crippen LogP contribution in [0.1, 0.15) is 60.3 Å². The molecule has 1 N–H and O–H groups in total. The van der Waals surface area contributed by atoms with Crippen LogP contribution in [0.2, 0.25) is 0 Å². The van der Waals surface area contributed by atoms with Crippen LogP contribution in [0.3, 0.4) is 0 Å². The van der Waals surface area contributed by atoms with Crippen molar-refractivity contribution in [3.63, 3.8) is 0 Å². The third kappa shape index (κ3) is 12.2. The molecule has 0 aliphatic carbocycles. The van der Waals surface area contributed by atoms with E-state index in [-0.39, 0.29) is 5.41 Å². The molecule has 0 amide bonds. The lowest BCUT2D eigenvalue weighted by Crippen LogP contribution is -2.35. The number of hydrogen-bond donors (Lipinski definition) is 1. The predicted molar refractivity (Wildman–Crippen MR) is 76.4 cm³/mol. The van der Waals surface area contributed by atoms with E-state index in [4.69, 9.17) is 4.74 Å². The molecule has 0 aromatic heterocycles. The van der Waals surface area contributed by atoms with Crippen LogP contribution in [0.15, 0.2) is 0 Å². The van der Waals surface area contributed by atoms with Crippen molar-refractivity contribution in [1.82, 2.24) is 5.32 Å². The number of unbranched alkanes of at least 4 members (excludes halogenated alkanes) is 3. The highest BCUT2D eigenvalue weighted by molar-refractivity contribution is 4.71. The van der Waals surface area contributed by atoms with Crippen LogP contribution in [-0.4, -0.2) is 26.3 Å². The molecule has 0 aromatic rings. The zero-order chi connectivity index (χ0) is 13.1. The number of hydrogen-bond acceptors (Lipinski definition) is 2. The third-order valence-electron chi connectivity index (χ3n) is 2.79. The molecule has 2 heteroatoms. The van der Waals surface area contributed by atoms with Gasteiger partial charge in [0.25, 0.3) is 0 Å². The Morgan fingerprint density at radius 3 is 2.41 bits per heavy atom. The van der Waals surface area contributed by atoms with Crippen LogP contribution in [-0.2, 0) is 4.74 Å². The van der Waals surface area contributed by atoms with Crippen LogP contribution >= 0.6 is 0 Å². The summed E-state index contributed by atoms with van der Waals surface area (Å²) in [4.78, 5) is 0. The highest BCUT2D eigenvalue weighted by Gasteiger charge is 2.17. The maximum atomic E-state index is 5.76. The summed E-state index contributed by atoms with van der Waals surface area (Å²) in [5.74, 6) is 0.723. The molecule has 0 saturated heterocycles. The van der Waals surface area contributed by atoms with Gasteiger partial charge in [-0.15, -0.1) is 0 Å². The molecule has 0 aliphatic heterocycles. The van der Waals surface area contributed by atoms with Crippen molar-refractivity contribution in [1.29, 1.82) is 0 Å². The summed E-state index contributed by atoms with van der Waals surface area (Å²) in [6.45, 7) is 15.2. The summed E-state index contributed by atoms with van der Waals surface area (Å²) in [6, 6.07) is 0. The monoisotopic (exact) mass is 243 g/mol. The Bertz CT molecular complexity index is 166. The molecule has 0 spiro atoms. The molecule has 2 nitrogen and oxygen atoms in total. The molecule has 17 heavy (non-hydrogen) atoms. The zero-order valence-electron chi connectivity index (χ0n) is 12.6. The van der Waals surface area contributed by atoms with Crippen molar-refractivity contribution in [3.05, 3.63) is 0 Å². The van der Waals surface area contributed by atoms with E-state index in [9.17, 15) is 0 Å². The van der Waals surface area contributed by atoms with E-state index in [1.165, 1.54) is 25.7 Å². The zero-order valence-corrected chi connectivity index (χ0v) is 12.6. The van der Waals surface area contributed by atoms with Gasteiger partial charge in [-0.2, -0.15) is 0 Å². The average Bonchev–Trinajstić information content (AvgIpc) is 2.22. The SMILES string of the molecule is CCCCCCOCC(C)(C)CNCC(C)C. The molecule has 0 fully saturated rings. The number of rotatable bonds is 11. The predicted octanol–water partition coefficient (Wildman–Crippen LogP) is 3.86. The highest BCUT2D eigenvalue weighted by Crippen LogP contribution is 2.14. The van der Waals surface area contributed by atoms with Crippen LogP contribution in [0.25, 0.3) is 0 Å². The third-order valence-corrected chi connectivity index (χ3v) is 2.79. The minimum absolute atomic E-state index is 0.250. The summed E-state index contributed by atoms with van der Waals surface area (Å²) >= 11 is 0. The number of ether oxygens (including phenoxy) is 1. The maximum absolute atomic E-state index is 5.76. The minimum atomic E-state index is 0.250. The molecule has 0 rings (SSSR count). The second kappa shape index (κ2) is 9.90. The van der Waals surface area contributed by atoms with E-state index in [0.717, 1.165) is 32.2 Å².